The molecule has 2 atom stereocenters. The first kappa shape index (κ1) is 17.9. The minimum atomic E-state index is -0.986. The maximum atomic E-state index is 11.7. The molecule has 1 amide bonds. The number of carbonyl (C=O) groups excluding carboxylic acids is 1. The van der Waals surface area contributed by atoms with Crippen LogP contribution in [0.4, 0.5) is 0 Å². The quantitative estimate of drug-likeness (QED) is 0.533. The van der Waals surface area contributed by atoms with Crippen molar-refractivity contribution in [1.82, 2.24) is 10.2 Å². The summed E-state index contributed by atoms with van der Waals surface area (Å²) in [4.78, 5) is 24.7. The first-order valence-electron chi connectivity index (χ1n) is 6.73. The highest BCUT2D eigenvalue weighted by molar-refractivity contribution is 5.83. The maximum Gasteiger partial charge on any atom is 0.326 e. The van der Waals surface area contributed by atoms with E-state index < -0.39 is 12.0 Å². The van der Waals surface area contributed by atoms with E-state index in [1.807, 2.05) is 25.8 Å². The Bertz CT molecular complexity index is 284. The van der Waals surface area contributed by atoms with Gasteiger partial charge in [0.15, 0.2) is 0 Å². The molecular formula is C13H26N2O4. The molecule has 6 nitrogen and oxygen atoms in total. The SMILES string of the molecule is CCC(C)C(NC(=O)CCCN(C)CCO)C(=O)O. The molecule has 3 N–H and O–H groups in total. The number of aliphatic hydroxyl groups excluding tert-OH is 1. The zero-order valence-corrected chi connectivity index (χ0v) is 12.1. The van der Waals surface area contributed by atoms with Gasteiger partial charge in [0, 0.05) is 13.0 Å². The Kier molecular flexibility index (Phi) is 9.16. The second-order valence-corrected chi connectivity index (χ2v) is 4.90. The van der Waals surface area contributed by atoms with Crippen molar-refractivity contribution < 1.29 is 19.8 Å². The number of rotatable bonds is 10. The Hall–Kier alpha value is -1.14. The lowest BCUT2D eigenvalue weighted by atomic mass is 9.99. The molecule has 0 heterocycles. The largest absolute Gasteiger partial charge is 0.480 e. The lowest BCUT2D eigenvalue weighted by Crippen LogP contribution is -2.45. The standard InChI is InChI=1S/C13H26N2O4/c1-4-10(2)12(13(18)19)14-11(17)6-5-7-15(3)8-9-16/h10,12,16H,4-9H2,1-3H3,(H,14,17)(H,18,19). The third-order valence-electron chi connectivity index (χ3n) is 3.22. The molecule has 0 spiro atoms. The van der Waals surface area contributed by atoms with Crippen molar-refractivity contribution in [3.8, 4) is 0 Å². The summed E-state index contributed by atoms with van der Waals surface area (Å²) in [5.41, 5.74) is 0. The molecule has 19 heavy (non-hydrogen) atoms. The van der Waals surface area contributed by atoms with Gasteiger partial charge in [-0.25, -0.2) is 4.79 Å². The molecule has 0 saturated heterocycles. The molecule has 0 aliphatic rings. The Morgan fingerprint density at radius 1 is 1.32 bits per heavy atom. The molecular weight excluding hydrogens is 248 g/mol. The van der Waals surface area contributed by atoms with E-state index in [0.717, 1.165) is 0 Å². The van der Waals surface area contributed by atoms with Crippen LogP contribution in [-0.2, 0) is 9.59 Å². The number of nitrogens with one attached hydrogen (secondary N) is 1. The molecule has 112 valence electrons. The van der Waals surface area contributed by atoms with Crippen molar-refractivity contribution in [3.05, 3.63) is 0 Å². The smallest absolute Gasteiger partial charge is 0.326 e. The van der Waals surface area contributed by atoms with Crippen molar-refractivity contribution in [1.29, 1.82) is 0 Å². The second kappa shape index (κ2) is 9.75. The van der Waals surface area contributed by atoms with Gasteiger partial charge in [-0.05, 0) is 25.9 Å². The number of nitrogens with zero attached hydrogens (tertiary/aromatic N) is 1. The molecule has 0 fully saturated rings. The van der Waals surface area contributed by atoms with Crippen LogP contribution in [-0.4, -0.2) is 59.8 Å². The van der Waals surface area contributed by atoms with Crippen LogP contribution in [0.25, 0.3) is 0 Å². The summed E-state index contributed by atoms with van der Waals surface area (Å²) in [6, 6.07) is -0.812. The molecule has 2 unspecified atom stereocenters. The molecule has 0 aliphatic heterocycles. The number of carbonyl (C=O) groups is 2. The highest BCUT2D eigenvalue weighted by Crippen LogP contribution is 2.08. The molecule has 0 aliphatic carbocycles. The average Bonchev–Trinajstić information content (AvgIpc) is 2.35. The number of carboxylic acids is 1. The number of hydrogen-bond donors (Lipinski definition) is 3. The van der Waals surface area contributed by atoms with Crippen LogP contribution in [0.2, 0.25) is 0 Å². The van der Waals surface area contributed by atoms with Gasteiger partial charge in [0.2, 0.25) is 5.91 Å². The molecule has 0 saturated carbocycles. The normalized spacial score (nSPS) is 14.2. The van der Waals surface area contributed by atoms with Gasteiger partial charge in [-0.1, -0.05) is 20.3 Å². The zero-order chi connectivity index (χ0) is 14.8. The van der Waals surface area contributed by atoms with Gasteiger partial charge in [-0.15, -0.1) is 0 Å². The van der Waals surface area contributed by atoms with Crippen molar-refractivity contribution in [3.63, 3.8) is 0 Å². The third-order valence-corrected chi connectivity index (χ3v) is 3.22. The van der Waals surface area contributed by atoms with E-state index in [0.29, 0.717) is 32.4 Å². The summed E-state index contributed by atoms with van der Waals surface area (Å²) in [6.45, 7) is 5.09. The molecule has 6 heteroatoms. The van der Waals surface area contributed by atoms with Crippen molar-refractivity contribution in [2.75, 3.05) is 26.7 Å². The Labute approximate surface area is 114 Å². The zero-order valence-electron chi connectivity index (χ0n) is 12.1. The lowest BCUT2D eigenvalue weighted by Gasteiger charge is -2.20. The summed E-state index contributed by atoms with van der Waals surface area (Å²) in [5.74, 6) is -1.30. The first-order chi connectivity index (χ1) is 8.92. The summed E-state index contributed by atoms with van der Waals surface area (Å²) < 4.78 is 0. The number of aliphatic carboxylic acids is 1. The van der Waals surface area contributed by atoms with E-state index in [4.69, 9.17) is 10.2 Å². The fraction of sp³-hybridized carbons (Fsp3) is 0.846. The van der Waals surface area contributed by atoms with E-state index in [1.54, 1.807) is 0 Å². The van der Waals surface area contributed by atoms with Crippen LogP contribution >= 0.6 is 0 Å². The molecule has 0 radical (unpaired) electrons. The monoisotopic (exact) mass is 274 g/mol. The lowest BCUT2D eigenvalue weighted by molar-refractivity contribution is -0.143. The summed E-state index contributed by atoms with van der Waals surface area (Å²) in [6.07, 6.45) is 1.65. The summed E-state index contributed by atoms with van der Waals surface area (Å²) >= 11 is 0. The van der Waals surface area contributed by atoms with E-state index in [1.165, 1.54) is 0 Å². The van der Waals surface area contributed by atoms with Crippen LogP contribution in [0.5, 0.6) is 0 Å². The van der Waals surface area contributed by atoms with Gasteiger partial charge in [0.25, 0.3) is 0 Å². The van der Waals surface area contributed by atoms with E-state index in [9.17, 15) is 9.59 Å². The van der Waals surface area contributed by atoms with Crippen LogP contribution < -0.4 is 5.32 Å². The topological polar surface area (TPSA) is 89.9 Å². The predicted octanol–water partition coefficient (Wildman–Crippen LogP) is 0.306. The van der Waals surface area contributed by atoms with E-state index in [-0.39, 0.29) is 18.4 Å². The average molecular weight is 274 g/mol. The highest BCUT2D eigenvalue weighted by Gasteiger charge is 2.24. The van der Waals surface area contributed by atoms with Gasteiger partial charge in [-0.3, -0.25) is 4.79 Å². The Morgan fingerprint density at radius 2 is 1.95 bits per heavy atom. The number of amides is 1. The van der Waals surface area contributed by atoms with Crippen LogP contribution in [0, 0.1) is 5.92 Å². The van der Waals surface area contributed by atoms with Gasteiger partial charge in [0.05, 0.1) is 6.61 Å². The van der Waals surface area contributed by atoms with E-state index in [2.05, 4.69) is 5.32 Å². The fourth-order valence-electron chi connectivity index (χ4n) is 1.72. The van der Waals surface area contributed by atoms with Crippen LogP contribution in [0.3, 0.4) is 0 Å². The first-order valence-corrected chi connectivity index (χ1v) is 6.73. The Morgan fingerprint density at radius 3 is 2.42 bits per heavy atom. The molecule has 0 aromatic carbocycles. The summed E-state index contributed by atoms with van der Waals surface area (Å²) in [7, 11) is 1.87. The fourth-order valence-corrected chi connectivity index (χ4v) is 1.72. The minimum Gasteiger partial charge on any atom is -0.480 e. The summed E-state index contributed by atoms with van der Waals surface area (Å²) in [5, 5.41) is 20.4. The van der Waals surface area contributed by atoms with Crippen LogP contribution in [0.1, 0.15) is 33.1 Å². The molecule has 0 rings (SSSR count). The second-order valence-electron chi connectivity index (χ2n) is 4.90. The molecule has 0 bridgehead atoms. The molecule has 0 aromatic heterocycles. The van der Waals surface area contributed by atoms with Crippen LogP contribution in [0.15, 0.2) is 0 Å². The number of aliphatic hydroxyl groups is 1. The minimum absolute atomic E-state index is 0.0847. The highest BCUT2D eigenvalue weighted by atomic mass is 16.4. The maximum absolute atomic E-state index is 11.7. The number of likely N-dealkylation sites (N-methyl/N-ethyl adjacent to an activating group) is 1. The van der Waals surface area contributed by atoms with Crippen molar-refractivity contribution in [2.45, 2.75) is 39.2 Å². The van der Waals surface area contributed by atoms with Gasteiger partial charge in [0.1, 0.15) is 6.04 Å². The van der Waals surface area contributed by atoms with E-state index >= 15 is 0 Å². The van der Waals surface area contributed by atoms with Gasteiger partial charge < -0.3 is 20.4 Å². The van der Waals surface area contributed by atoms with Crippen molar-refractivity contribution in [2.24, 2.45) is 5.92 Å². The number of hydrogen-bond acceptors (Lipinski definition) is 4. The third kappa shape index (κ3) is 7.79. The van der Waals surface area contributed by atoms with Gasteiger partial charge >= 0.3 is 5.97 Å². The molecule has 0 aromatic rings. The van der Waals surface area contributed by atoms with Crippen molar-refractivity contribution >= 4 is 11.9 Å². The predicted molar refractivity (Wildman–Crippen MR) is 72.8 cm³/mol. The Balaban J connectivity index is 4.04. The number of carboxylic acid groups (broad SMARTS) is 1. The van der Waals surface area contributed by atoms with Gasteiger partial charge in [-0.2, -0.15) is 0 Å².